The fourth-order valence-electron chi connectivity index (χ4n) is 4.63. The highest BCUT2D eigenvalue weighted by molar-refractivity contribution is 6.06. The van der Waals surface area contributed by atoms with Crippen LogP contribution < -0.4 is 15.5 Å². The van der Waals surface area contributed by atoms with Crippen molar-refractivity contribution in [3.8, 4) is 11.3 Å². The minimum absolute atomic E-state index is 0.131. The van der Waals surface area contributed by atoms with E-state index in [4.69, 9.17) is 0 Å². The first-order chi connectivity index (χ1) is 16.4. The van der Waals surface area contributed by atoms with Gasteiger partial charge in [-0.05, 0) is 49.9 Å². The summed E-state index contributed by atoms with van der Waals surface area (Å²) in [5.74, 6) is -2.50. The van der Waals surface area contributed by atoms with E-state index in [2.05, 4.69) is 30.6 Å². The lowest BCUT2D eigenvalue weighted by molar-refractivity contribution is 0.0174. The van der Waals surface area contributed by atoms with Gasteiger partial charge in [-0.25, -0.2) is 23.7 Å². The normalized spacial score (nSPS) is 19.0. The van der Waals surface area contributed by atoms with Gasteiger partial charge in [-0.15, -0.1) is 0 Å². The molecule has 1 unspecified atom stereocenters. The maximum atomic E-state index is 14.6. The van der Waals surface area contributed by atoms with Gasteiger partial charge in [0.15, 0.2) is 0 Å². The van der Waals surface area contributed by atoms with Crippen molar-refractivity contribution < 1.29 is 13.6 Å². The number of H-pyrrole nitrogens is 1. The van der Waals surface area contributed by atoms with Gasteiger partial charge in [-0.1, -0.05) is 6.07 Å². The van der Waals surface area contributed by atoms with Crippen LogP contribution in [0.2, 0.25) is 0 Å². The van der Waals surface area contributed by atoms with Gasteiger partial charge in [0.1, 0.15) is 11.5 Å². The number of carbonyl (C=O) groups is 1. The maximum Gasteiger partial charge on any atom is 0.276 e. The molecule has 1 saturated heterocycles. The van der Waals surface area contributed by atoms with E-state index in [1.807, 2.05) is 6.07 Å². The van der Waals surface area contributed by atoms with E-state index in [1.165, 1.54) is 6.20 Å². The molecule has 1 amide bonds. The molecule has 5 rings (SSSR count). The first kappa shape index (κ1) is 22.4. The van der Waals surface area contributed by atoms with Crippen LogP contribution in [-0.4, -0.2) is 51.5 Å². The van der Waals surface area contributed by atoms with Gasteiger partial charge in [0.25, 0.3) is 11.8 Å². The van der Waals surface area contributed by atoms with Crippen molar-refractivity contribution in [3.05, 3.63) is 53.6 Å². The molecule has 1 atom stereocenters. The number of pyridine rings is 1. The molecule has 8 nitrogen and oxygen atoms in total. The number of fused-ring (bicyclic) bond motifs is 1. The van der Waals surface area contributed by atoms with Gasteiger partial charge in [-0.2, -0.15) is 0 Å². The van der Waals surface area contributed by atoms with Crippen LogP contribution in [0.25, 0.3) is 11.3 Å². The predicted octanol–water partition coefficient (Wildman–Crippen LogP) is 3.74. The summed E-state index contributed by atoms with van der Waals surface area (Å²) in [5.41, 5.74) is 1.46. The third-order valence-electron chi connectivity index (χ3n) is 6.33. The van der Waals surface area contributed by atoms with Crippen LogP contribution >= 0.6 is 0 Å². The Labute approximate surface area is 196 Å². The lowest BCUT2D eigenvalue weighted by atomic mass is 9.98. The predicted molar refractivity (Wildman–Crippen MR) is 125 cm³/mol. The highest BCUT2D eigenvalue weighted by Crippen LogP contribution is 2.38. The lowest BCUT2D eigenvalue weighted by Crippen LogP contribution is -2.38. The van der Waals surface area contributed by atoms with E-state index in [1.54, 1.807) is 29.4 Å². The molecule has 5 heterocycles. The second-order valence-corrected chi connectivity index (χ2v) is 8.84. The number of carbonyl (C=O) groups excluding carboxylic acids is 1. The van der Waals surface area contributed by atoms with Gasteiger partial charge in [0.05, 0.1) is 11.3 Å². The van der Waals surface area contributed by atoms with Gasteiger partial charge < -0.3 is 15.6 Å². The number of hydrogen-bond acceptors (Lipinski definition) is 6. The zero-order chi connectivity index (χ0) is 23.7. The smallest absolute Gasteiger partial charge is 0.276 e. The first-order valence-electron chi connectivity index (χ1n) is 11.6. The van der Waals surface area contributed by atoms with Gasteiger partial charge in [0.2, 0.25) is 5.95 Å². The van der Waals surface area contributed by atoms with Crippen LogP contribution in [-0.2, 0) is 12.3 Å². The largest absolute Gasteiger partial charge is 0.356 e. The molecule has 0 saturated carbocycles. The zero-order valence-corrected chi connectivity index (χ0v) is 18.9. The Kier molecular flexibility index (Phi) is 5.99. The third-order valence-corrected chi connectivity index (χ3v) is 6.33. The van der Waals surface area contributed by atoms with E-state index >= 15 is 0 Å². The number of anilines is 2. The molecule has 178 valence electrons. The molecule has 0 spiro atoms. The molecule has 2 aliphatic heterocycles. The molecule has 3 N–H and O–H groups in total. The van der Waals surface area contributed by atoms with Crippen molar-refractivity contribution >= 4 is 17.7 Å². The number of rotatable bonds is 5. The monoisotopic (exact) mass is 467 g/mol. The van der Waals surface area contributed by atoms with Crippen LogP contribution in [0.1, 0.15) is 47.8 Å². The Morgan fingerprint density at radius 3 is 2.85 bits per heavy atom. The van der Waals surface area contributed by atoms with E-state index in [9.17, 15) is 13.6 Å². The number of aromatic nitrogens is 4. The second kappa shape index (κ2) is 9.09. The molecule has 0 aliphatic carbocycles. The van der Waals surface area contributed by atoms with E-state index in [0.717, 1.165) is 32.9 Å². The average Bonchev–Trinajstić information content (AvgIpc) is 3.18. The SMILES string of the molecule is CC(F)(F)c1cnc(NC2CCCNC2)nc1-c1c[nH]c2c1CCCN(c1ccccn1)C2=O. The molecule has 34 heavy (non-hydrogen) atoms. The van der Waals surface area contributed by atoms with Crippen molar-refractivity contribution in [3.63, 3.8) is 0 Å². The third kappa shape index (κ3) is 4.37. The summed E-state index contributed by atoms with van der Waals surface area (Å²) in [5, 5.41) is 6.58. The topological polar surface area (TPSA) is 98.8 Å². The van der Waals surface area contributed by atoms with Gasteiger partial charge >= 0.3 is 0 Å². The Bertz CT molecular complexity index is 1170. The van der Waals surface area contributed by atoms with Crippen molar-refractivity contribution in [1.82, 2.24) is 25.3 Å². The van der Waals surface area contributed by atoms with Crippen LogP contribution in [0.4, 0.5) is 20.5 Å². The van der Waals surface area contributed by atoms with Gasteiger partial charge in [-0.3, -0.25) is 9.69 Å². The molecule has 3 aromatic heterocycles. The van der Waals surface area contributed by atoms with Crippen molar-refractivity contribution in [2.24, 2.45) is 0 Å². The summed E-state index contributed by atoms with van der Waals surface area (Å²) in [6.07, 6.45) is 7.64. The molecule has 0 bridgehead atoms. The Balaban J connectivity index is 1.54. The number of amides is 1. The number of hydrogen-bond donors (Lipinski definition) is 3. The molecular formula is C24H27F2N7O. The quantitative estimate of drug-likeness (QED) is 0.529. The summed E-state index contributed by atoms with van der Waals surface area (Å²) in [4.78, 5) is 31.0. The maximum absolute atomic E-state index is 14.6. The molecule has 0 aromatic carbocycles. The Morgan fingerprint density at radius 1 is 1.24 bits per heavy atom. The zero-order valence-electron chi connectivity index (χ0n) is 18.9. The Hall–Kier alpha value is -3.40. The minimum atomic E-state index is -3.14. The van der Waals surface area contributed by atoms with E-state index in [0.29, 0.717) is 48.0 Å². The molecular weight excluding hydrogens is 440 g/mol. The highest BCUT2D eigenvalue weighted by Gasteiger charge is 2.34. The summed E-state index contributed by atoms with van der Waals surface area (Å²) in [6, 6.07) is 5.53. The number of aromatic amines is 1. The molecule has 3 aromatic rings. The number of piperidine rings is 1. The Morgan fingerprint density at radius 2 is 2.12 bits per heavy atom. The molecule has 0 radical (unpaired) electrons. The summed E-state index contributed by atoms with van der Waals surface area (Å²) in [6.45, 7) is 3.05. The average molecular weight is 468 g/mol. The van der Waals surface area contributed by atoms with Crippen molar-refractivity contribution in [1.29, 1.82) is 0 Å². The van der Waals surface area contributed by atoms with Crippen molar-refractivity contribution in [2.45, 2.75) is 44.6 Å². The number of nitrogens with zero attached hydrogens (tertiary/aromatic N) is 4. The van der Waals surface area contributed by atoms with Crippen LogP contribution in [0.5, 0.6) is 0 Å². The minimum Gasteiger partial charge on any atom is -0.356 e. The standard InChI is InChI=1S/C24H27F2N7O/c1-24(25,26)18-14-30-23(31-15-6-4-9-27-12-15)32-20(18)17-13-29-21-16(17)7-5-11-33(22(21)34)19-8-2-3-10-28-19/h2-3,8,10,13-15,27,29H,4-7,9,11-12H2,1H3,(H,30,31,32). The number of alkyl halides is 2. The van der Waals surface area contributed by atoms with E-state index in [-0.39, 0.29) is 23.2 Å². The van der Waals surface area contributed by atoms with Crippen LogP contribution in [0.3, 0.4) is 0 Å². The molecule has 1 fully saturated rings. The first-order valence-corrected chi connectivity index (χ1v) is 11.6. The summed E-state index contributed by atoms with van der Waals surface area (Å²) >= 11 is 0. The number of halogens is 2. The molecule has 10 heteroatoms. The van der Waals surface area contributed by atoms with Crippen molar-refractivity contribution in [2.75, 3.05) is 29.9 Å². The summed E-state index contributed by atoms with van der Waals surface area (Å²) in [7, 11) is 0. The van der Waals surface area contributed by atoms with Gasteiger partial charge in [0, 0.05) is 50.2 Å². The second-order valence-electron chi connectivity index (χ2n) is 8.84. The fraction of sp³-hybridized carbons (Fsp3) is 0.417. The lowest BCUT2D eigenvalue weighted by Gasteiger charge is -2.24. The fourth-order valence-corrected chi connectivity index (χ4v) is 4.63. The number of nitrogens with one attached hydrogen (secondary N) is 3. The highest BCUT2D eigenvalue weighted by atomic mass is 19.3. The summed E-state index contributed by atoms with van der Waals surface area (Å²) < 4.78 is 29.1. The molecule has 2 aliphatic rings. The van der Waals surface area contributed by atoms with Crippen LogP contribution in [0, 0.1) is 0 Å². The van der Waals surface area contributed by atoms with Crippen LogP contribution in [0.15, 0.2) is 36.8 Å². The van der Waals surface area contributed by atoms with E-state index < -0.39 is 5.92 Å².